The Balaban J connectivity index is 4.57. The topological polar surface area (TPSA) is 149 Å². The second kappa shape index (κ2) is 14.8. The lowest BCUT2D eigenvalue weighted by molar-refractivity contribution is -0.144. The summed E-state index contributed by atoms with van der Waals surface area (Å²) in [5, 5.41) is 5.27. The molecule has 0 aliphatic heterocycles. The normalized spacial score (nSPS) is 13.0. The molecule has 0 aliphatic rings. The molecule has 0 unspecified atom stereocenters. The standard InChI is InChI=1S/C18H35N5O4/c1-4-5-6-7-8-11-15(24)23-14(10-9-12-21-18(19)20)16(25)22-13(2)17(26)27-3/h13-14H,4-12H2,1-3H3,(H,22,25)(H,23,24)(H4,19,20,21)/t13-,14-/m0/s1/i1D. The fourth-order valence-electron chi connectivity index (χ4n) is 2.40. The molecule has 0 saturated heterocycles. The van der Waals surface area contributed by atoms with Gasteiger partial charge >= 0.3 is 5.97 Å². The largest absolute Gasteiger partial charge is 0.467 e. The summed E-state index contributed by atoms with van der Waals surface area (Å²) in [7, 11) is 1.24. The molecule has 0 aromatic heterocycles. The van der Waals surface area contributed by atoms with E-state index in [1.54, 1.807) is 0 Å². The molecule has 0 aromatic carbocycles. The number of methoxy groups -OCH3 is 1. The maximum Gasteiger partial charge on any atom is 0.328 e. The highest BCUT2D eigenvalue weighted by Gasteiger charge is 2.24. The Labute approximate surface area is 163 Å². The van der Waals surface area contributed by atoms with Crippen LogP contribution < -0.4 is 22.1 Å². The summed E-state index contributed by atoms with van der Waals surface area (Å²) in [6, 6.07) is -1.59. The predicted octanol–water partition coefficient (Wildman–Crippen LogP) is 0.563. The first kappa shape index (κ1) is 22.7. The SMILES string of the molecule is [2H]CCCCCCCC(=O)N[C@@H](CCCN=C(N)N)C(=O)N[C@@H](C)C(=O)OC. The van der Waals surface area contributed by atoms with Crippen LogP contribution in [0, 0.1) is 0 Å². The van der Waals surface area contributed by atoms with Gasteiger partial charge in [-0.15, -0.1) is 0 Å². The van der Waals surface area contributed by atoms with Gasteiger partial charge in [0.05, 0.1) is 7.11 Å². The summed E-state index contributed by atoms with van der Waals surface area (Å²) in [5.41, 5.74) is 10.6. The molecule has 9 nitrogen and oxygen atoms in total. The molecule has 9 heteroatoms. The second-order valence-corrected chi connectivity index (χ2v) is 6.34. The molecule has 0 fully saturated rings. The van der Waals surface area contributed by atoms with E-state index in [-0.39, 0.29) is 11.9 Å². The smallest absolute Gasteiger partial charge is 0.328 e. The van der Waals surface area contributed by atoms with Gasteiger partial charge in [0, 0.05) is 14.3 Å². The van der Waals surface area contributed by atoms with Crippen molar-refractivity contribution in [2.24, 2.45) is 16.5 Å². The summed E-state index contributed by atoms with van der Waals surface area (Å²) >= 11 is 0. The third-order valence-electron chi connectivity index (χ3n) is 3.91. The lowest BCUT2D eigenvalue weighted by Crippen LogP contribution is -2.51. The number of hydrogen-bond acceptors (Lipinski definition) is 5. The van der Waals surface area contributed by atoms with Gasteiger partial charge in [0.1, 0.15) is 12.1 Å². The maximum absolute atomic E-state index is 12.4. The van der Waals surface area contributed by atoms with Crippen LogP contribution in [0.1, 0.15) is 66.6 Å². The van der Waals surface area contributed by atoms with Gasteiger partial charge in [0.25, 0.3) is 0 Å². The molecule has 0 heterocycles. The fraction of sp³-hybridized carbons (Fsp3) is 0.778. The molecule has 0 spiro atoms. The zero-order valence-corrected chi connectivity index (χ0v) is 16.5. The number of nitrogens with one attached hydrogen (secondary N) is 2. The summed E-state index contributed by atoms with van der Waals surface area (Å²) in [6.45, 7) is 2.28. The minimum atomic E-state index is -0.813. The Kier molecular flexibility index (Phi) is 12.5. The number of nitrogens with two attached hydrogens (primary N) is 2. The third kappa shape index (κ3) is 12.6. The molecular weight excluding hydrogens is 350 g/mol. The Morgan fingerprint density at radius 2 is 1.81 bits per heavy atom. The van der Waals surface area contributed by atoms with Crippen LogP contribution in [-0.4, -0.2) is 49.5 Å². The Hall–Kier alpha value is -2.32. The number of unbranched alkanes of at least 4 members (excludes halogenated alkanes) is 4. The third-order valence-corrected chi connectivity index (χ3v) is 3.91. The Morgan fingerprint density at radius 1 is 1.11 bits per heavy atom. The van der Waals surface area contributed by atoms with Gasteiger partial charge < -0.3 is 26.8 Å². The van der Waals surface area contributed by atoms with E-state index in [0.29, 0.717) is 32.7 Å². The molecule has 2 atom stereocenters. The van der Waals surface area contributed by atoms with Crippen molar-refractivity contribution in [1.29, 1.82) is 0 Å². The summed E-state index contributed by atoms with van der Waals surface area (Å²) in [6.07, 6.45) is 5.66. The zero-order valence-electron chi connectivity index (χ0n) is 17.5. The van der Waals surface area contributed by atoms with E-state index < -0.39 is 24.0 Å². The van der Waals surface area contributed by atoms with Crippen molar-refractivity contribution in [2.75, 3.05) is 13.7 Å². The number of carbonyl (C=O) groups excluding carboxylic acids is 3. The molecule has 27 heavy (non-hydrogen) atoms. The Bertz CT molecular complexity index is 512. The number of amides is 2. The monoisotopic (exact) mass is 386 g/mol. The van der Waals surface area contributed by atoms with Crippen LogP contribution in [0.15, 0.2) is 4.99 Å². The summed E-state index contributed by atoms with van der Waals surface area (Å²) in [4.78, 5) is 40.0. The highest BCUT2D eigenvalue weighted by Crippen LogP contribution is 2.06. The molecule has 0 aromatic rings. The van der Waals surface area contributed by atoms with Gasteiger partial charge in [-0.3, -0.25) is 14.6 Å². The first-order chi connectivity index (χ1) is 13.3. The summed E-state index contributed by atoms with van der Waals surface area (Å²) in [5.74, 6) is -1.26. The quantitative estimate of drug-likeness (QED) is 0.148. The number of nitrogens with zero attached hydrogens (tertiary/aromatic N) is 1. The minimum Gasteiger partial charge on any atom is -0.467 e. The lowest BCUT2D eigenvalue weighted by atomic mass is 10.1. The van der Waals surface area contributed by atoms with E-state index in [9.17, 15) is 14.4 Å². The predicted molar refractivity (Wildman–Crippen MR) is 105 cm³/mol. The van der Waals surface area contributed by atoms with Crippen LogP contribution in [0.25, 0.3) is 0 Å². The van der Waals surface area contributed by atoms with Crippen LogP contribution in [0.5, 0.6) is 0 Å². The van der Waals surface area contributed by atoms with Crippen LogP contribution in [0.4, 0.5) is 0 Å². The fourth-order valence-corrected chi connectivity index (χ4v) is 2.40. The number of guanidine groups is 1. The highest BCUT2D eigenvalue weighted by atomic mass is 16.5. The number of ether oxygens (including phenoxy) is 1. The van der Waals surface area contributed by atoms with Gasteiger partial charge in [-0.1, -0.05) is 32.6 Å². The van der Waals surface area contributed by atoms with Crippen LogP contribution in [-0.2, 0) is 19.1 Å². The molecule has 0 bridgehead atoms. The molecular formula is C18H35N5O4. The van der Waals surface area contributed by atoms with E-state index in [1.807, 2.05) is 0 Å². The van der Waals surface area contributed by atoms with Gasteiger partial charge in [-0.05, 0) is 26.2 Å². The number of aliphatic imine (C=N–C) groups is 1. The molecule has 0 saturated carbocycles. The van der Waals surface area contributed by atoms with Crippen molar-refractivity contribution in [3.05, 3.63) is 0 Å². The highest BCUT2D eigenvalue weighted by molar-refractivity contribution is 5.90. The Morgan fingerprint density at radius 3 is 2.44 bits per heavy atom. The second-order valence-electron chi connectivity index (χ2n) is 6.34. The number of carbonyl (C=O) groups is 3. The van der Waals surface area contributed by atoms with Crippen LogP contribution >= 0.6 is 0 Å². The number of hydrogen-bond donors (Lipinski definition) is 4. The zero-order chi connectivity index (χ0) is 21.4. The van der Waals surface area contributed by atoms with Crippen molar-refractivity contribution < 1.29 is 20.5 Å². The number of rotatable bonds is 14. The van der Waals surface area contributed by atoms with E-state index in [1.165, 1.54) is 14.0 Å². The number of esters is 1. The molecule has 2 amide bonds. The van der Waals surface area contributed by atoms with Crippen LogP contribution in [0.3, 0.4) is 0 Å². The first-order valence-electron chi connectivity index (χ1n) is 10.0. The van der Waals surface area contributed by atoms with Gasteiger partial charge in [-0.25, -0.2) is 4.79 Å². The molecule has 156 valence electrons. The van der Waals surface area contributed by atoms with Gasteiger partial charge in [-0.2, -0.15) is 0 Å². The molecule has 0 aliphatic carbocycles. The molecule has 6 N–H and O–H groups in total. The van der Waals surface area contributed by atoms with E-state index in [0.717, 1.165) is 32.1 Å². The molecule has 0 rings (SSSR count). The van der Waals surface area contributed by atoms with E-state index >= 15 is 0 Å². The average molecular weight is 387 g/mol. The maximum atomic E-state index is 12.4. The lowest BCUT2D eigenvalue weighted by Gasteiger charge is -2.20. The van der Waals surface area contributed by atoms with Crippen molar-refractivity contribution in [3.8, 4) is 0 Å². The van der Waals surface area contributed by atoms with E-state index in [2.05, 4.69) is 20.4 Å². The minimum absolute atomic E-state index is 0.0326. The van der Waals surface area contributed by atoms with Gasteiger partial charge in [0.15, 0.2) is 5.96 Å². The van der Waals surface area contributed by atoms with Crippen molar-refractivity contribution in [1.82, 2.24) is 10.6 Å². The van der Waals surface area contributed by atoms with Crippen molar-refractivity contribution in [3.63, 3.8) is 0 Å². The molecule has 0 radical (unpaired) electrons. The van der Waals surface area contributed by atoms with Crippen molar-refractivity contribution >= 4 is 23.7 Å². The summed E-state index contributed by atoms with van der Waals surface area (Å²) < 4.78 is 11.7. The van der Waals surface area contributed by atoms with Crippen molar-refractivity contribution in [2.45, 2.75) is 77.3 Å². The van der Waals surface area contributed by atoms with Gasteiger partial charge in [0.2, 0.25) is 11.8 Å². The first-order valence-corrected chi connectivity index (χ1v) is 9.34. The average Bonchev–Trinajstić information content (AvgIpc) is 2.65. The van der Waals surface area contributed by atoms with E-state index in [4.69, 9.17) is 12.8 Å². The van der Waals surface area contributed by atoms with Crippen LogP contribution in [0.2, 0.25) is 0 Å².